The lowest BCUT2D eigenvalue weighted by Gasteiger charge is -2.37. The van der Waals surface area contributed by atoms with Gasteiger partial charge >= 0.3 is 5.97 Å². The number of hydrogen-bond donors (Lipinski definition) is 7. The highest BCUT2D eigenvalue weighted by atomic mass is 16.5. The smallest absolute Gasteiger partial charge is 0.329 e. The Morgan fingerprint density at radius 1 is 0.557 bits per heavy atom. The number of carbonyl (C=O) groups is 12. The van der Waals surface area contributed by atoms with Crippen LogP contribution in [0.4, 0.5) is 0 Å². The molecule has 0 spiro atoms. The van der Waals surface area contributed by atoms with Crippen LogP contribution in [-0.2, 0) is 52.7 Å². The summed E-state index contributed by atoms with van der Waals surface area (Å²) in [5.74, 6) is -12.3. The number of nitrogens with one attached hydrogen (secondary N) is 5. The summed E-state index contributed by atoms with van der Waals surface area (Å²) in [6, 6.07) is 7.59. The Labute approximate surface area is 508 Å². The van der Waals surface area contributed by atoms with Gasteiger partial charge in [0.25, 0.3) is 11.8 Å². The second kappa shape index (κ2) is 29.3. The minimum absolute atomic E-state index is 0.00457. The van der Waals surface area contributed by atoms with E-state index in [-0.39, 0.29) is 25.9 Å². The number of nitrogens with zero attached hydrogens (tertiary/aromatic N) is 8. The van der Waals surface area contributed by atoms with E-state index in [0.29, 0.717) is 47.5 Å². The first-order valence-electron chi connectivity index (χ1n) is 29.2. The number of aromatic nitrogens is 2. The van der Waals surface area contributed by atoms with Gasteiger partial charge in [0.2, 0.25) is 53.2 Å². The third kappa shape index (κ3) is 15.7. The Kier molecular flexibility index (Phi) is 22.0. The Morgan fingerprint density at radius 2 is 0.977 bits per heavy atom. The summed E-state index contributed by atoms with van der Waals surface area (Å²) < 4.78 is 5.74. The Morgan fingerprint density at radius 3 is 1.43 bits per heavy atom. The number of carbonyl (C=O) groups excluding carboxylic acids is 12. The van der Waals surface area contributed by atoms with Gasteiger partial charge in [-0.1, -0.05) is 64.1 Å². The molecule has 7 rings (SSSR count). The third-order valence-corrected chi connectivity index (χ3v) is 15.9. The fraction of sp³-hybridized carbons (Fsp3) is 0.500. The van der Waals surface area contributed by atoms with Crippen LogP contribution in [0.2, 0.25) is 0 Å². The average Bonchev–Trinajstić information content (AvgIpc) is 2.06. The van der Waals surface area contributed by atoms with Crippen molar-refractivity contribution >= 4 is 92.8 Å². The van der Waals surface area contributed by atoms with Gasteiger partial charge in [0, 0.05) is 58.6 Å². The van der Waals surface area contributed by atoms with Gasteiger partial charge in [0.05, 0.1) is 37.2 Å². The van der Waals surface area contributed by atoms with Crippen molar-refractivity contribution in [3.8, 4) is 11.5 Å². The molecule has 3 aliphatic rings. The normalized spacial score (nSPS) is 23.0. The van der Waals surface area contributed by atoms with Gasteiger partial charge < -0.3 is 70.9 Å². The van der Waals surface area contributed by atoms with Crippen LogP contribution in [-0.4, -0.2) is 237 Å². The number of benzene rings is 2. The van der Waals surface area contributed by atoms with Crippen LogP contribution in [0.1, 0.15) is 87.2 Å². The fourth-order valence-corrected chi connectivity index (χ4v) is 11.0. The molecular formula is C60H77N13O15. The molecule has 88 heavy (non-hydrogen) atoms. The van der Waals surface area contributed by atoms with Gasteiger partial charge in [-0.15, -0.1) is 0 Å². The zero-order chi connectivity index (χ0) is 64.3. The van der Waals surface area contributed by atoms with Gasteiger partial charge in [-0.05, 0) is 74.6 Å². The molecule has 3 fully saturated rings. The number of piperidine rings is 2. The van der Waals surface area contributed by atoms with Crippen molar-refractivity contribution in [2.24, 2.45) is 11.8 Å². The van der Waals surface area contributed by atoms with Crippen LogP contribution in [0.15, 0.2) is 60.7 Å². The zero-order valence-electron chi connectivity index (χ0n) is 50.6. The Balaban J connectivity index is 1.17. The molecule has 5 heterocycles. The number of cyclic esters (lactones) is 1. The van der Waals surface area contributed by atoms with Gasteiger partial charge in [0.15, 0.2) is 11.4 Å². The maximum atomic E-state index is 14.8. The third-order valence-electron chi connectivity index (χ3n) is 15.9. The number of amides is 11. The van der Waals surface area contributed by atoms with Gasteiger partial charge in [-0.2, -0.15) is 0 Å². The maximum Gasteiger partial charge on any atom is 0.329 e. The van der Waals surface area contributed by atoms with E-state index in [2.05, 4.69) is 36.6 Å². The summed E-state index contributed by atoms with van der Waals surface area (Å²) in [5.41, 5.74) is -0.233. The molecule has 2 aromatic heterocycles. The quantitative estimate of drug-likeness (QED) is 0.121. The first kappa shape index (κ1) is 66.0. The van der Waals surface area contributed by atoms with E-state index in [4.69, 9.17) is 4.74 Å². The highest BCUT2D eigenvalue weighted by molar-refractivity contribution is 6.03. The van der Waals surface area contributed by atoms with Crippen LogP contribution in [0.5, 0.6) is 11.5 Å². The van der Waals surface area contributed by atoms with E-state index in [9.17, 15) is 67.7 Å². The predicted octanol–water partition coefficient (Wildman–Crippen LogP) is -0.358. The standard InChI is InChI=1S/C60H77N13O15/c1-33(2)51-57(84)61-27-39(66-55(82)49-43(74)25-35-17-9-11-19-37(35)64-49)58(85)72-23-15-13-21-41(72)53(80)62-29-46(77)69(6)31-48(79)71(8)52(34(3)4)60(87)88-32-40(67-56(83)50-44(75)26-36-18-10-12-20-38(36)65-50)59(86)73-24-16-14-22-42(73)54(81)63-28-45(76)68(5)30-47(78)70(51)7/h9-12,17-20,25-26,33-34,39-42,51-52,74-75H,13-16,21-24,27-32H2,1-8H3,(H,61,84)(H,62,80)(H,63,81)(H,66,82)(H,67,83)/t39-,40-,41+,42+,51+,52+/m1/s1. The highest BCUT2D eigenvalue weighted by Crippen LogP contribution is 2.26. The van der Waals surface area contributed by atoms with Gasteiger partial charge in [-0.3, -0.25) is 52.7 Å². The van der Waals surface area contributed by atoms with Crippen LogP contribution in [0, 0.1) is 11.8 Å². The topological polar surface area (TPSA) is 360 Å². The molecule has 6 atom stereocenters. The van der Waals surface area contributed by atoms with E-state index >= 15 is 0 Å². The summed E-state index contributed by atoms with van der Waals surface area (Å²) in [7, 11) is 5.22. The molecule has 7 N–H and O–H groups in total. The number of rotatable bonds is 6. The number of ether oxygens (including phenoxy) is 1. The van der Waals surface area contributed by atoms with E-state index < -0.39 is 181 Å². The number of aromatic hydroxyl groups is 2. The SMILES string of the molecule is CC(C)[C@H]1C(=O)NC[C@@H](NC(=O)c2nc3ccccc3cc2O)C(=O)N2CCCC[C@H]2C(=O)NCC(=O)N(C)CC(=O)N(C)[C@@H](C(C)C)C(=O)OC[C@@H](NC(=O)c2nc3ccccc3cc2O)C(=O)N2CCCC[C@H]2C(=O)NCC(=O)N(C)CC(=O)N1C. The van der Waals surface area contributed by atoms with Crippen molar-refractivity contribution in [2.45, 2.75) is 102 Å². The van der Waals surface area contributed by atoms with Gasteiger partial charge in [0.1, 0.15) is 54.4 Å². The van der Waals surface area contributed by atoms with Crippen LogP contribution >= 0.6 is 0 Å². The van der Waals surface area contributed by atoms with E-state index in [1.54, 1.807) is 76.2 Å². The number of esters is 1. The first-order valence-corrected chi connectivity index (χ1v) is 29.2. The van der Waals surface area contributed by atoms with Crippen molar-refractivity contribution in [3.05, 3.63) is 72.1 Å². The number of hydrogen-bond acceptors (Lipinski definition) is 17. The molecule has 4 aromatic rings. The monoisotopic (exact) mass is 1220 g/mol. The molecule has 0 saturated carbocycles. The summed E-state index contributed by atoms with van der Waals surface area (Å²) in [6.45, 7) is 2.59. The summed E-state index contributed by atoms with van der Waals surface area (Å²) in [5, 5.41) is 35.8. The molecule has 11 amide bonds. The molecule has 3 saturated heterocycles. The maximum absolute atomic E-state index is 14.8. The van der Waals surface area contributed by atoms with E-state index in [0.717, 1.165) is 19.6 Å². The Hall–Kier alpha value is -9.50. The average molecular weight is 1220 g/mol. The number of fused-ring (bicyclic) bond motifs is 4. The second-order valence-electron chi connectivity index (χ2n) is 22.9. The predicted molar refractivity (Wildman–Crippen MR) is 316 cm³/mol. The molecule has 3 aliphatic heterocycles. The van der Waals surface area contributed by atoms with Crippen molar-refractivity contribution in [3.63, 3.8) is 0 Å². The molecule has 28 nitrogen and oxygen atoms in total. The lowest BCUT2D eigenvalue weighted by molar-refractivity contribution is -0.159. The van der Waals surface area contributed by atoms with E-state index in [1.165, 1.54) is 50.1 Å². The highest BCUT2D eigenvalue weighted by Gasteiger charge is 2.41. The van der Waals surface area contributed by atoms with E-state index in [1.807, 2.05) is 0 Å². The van der Waals surface area contributed by atoms with Crippen molar-refractivity contribution < 1.29 is 72.5 Å². The molecule has 0 aliphatic carbocycles. The van der Waals surface area contributed by atoms with Gasteiger partial charge in [-0.25, -0.2) is 14.8 Å². The zero-order valence-corrected chi connectivity index (χ0v) is 50.6. The lowest BCUT2D eigenvalue weighted by atomic mass is 9.99. The number of likely N-dealkylation sites (N-methyl/N-ethyl adjacent to an activating group) is 4. The minimum atomic E-state index is -1.72. The van der Waals surface area contributed by atoms with Crippen molar-refractivity contribution in [1.29, 1.82) is 0 Å². The molecule has 472 valence electrons. The molecular weight excluding hydrogens is 1140 g/mol. The fourth-order valence-electron chi connectivity index (χ4n) is 11.0. The first-order chi connectivity index (χ1) is 41.8. The number of para-hydroxylation sites is 2. The van der Waals surface area contributed by atoms with Crippen LogP contribution in [0.3, 0.4) is 0 Å². The van der Waals surface area contributed by atoms with Crippen LogP contribution < -0.4 is 26.6 Å². The summed E-state index contributed by atoms with van der Waals surface area (Å²) in [6.07, 6.45) is 1.99. The molecule has 0 radical (unpaired) electrons. The molecule has 0 bridgehead atoms. The largest absolute Gasteiger partial charge is 0.505 e. The second-order valence-corrected chi connectivity index (χ2v) is 22.9. The van der Waals surface area contributed by atoms with Crippen LogP contribution in [0.25, 0.3) is 21.8 Å². The Bertz CT molecular complexity index is 3140. The molecule has 28 heteroatoms. The summed E-state index contributed by atoms with van der Waals surface area (Å²) >= 11 is 0. The van der Waals surface area contributed by atoms with Crippen molar-refractivity contribution in [2.75, 3.05) is 80.6 Å². The summed E-state index contributed by atoms with van der Waals surface area (Å²) in [4.78, 5) is 185. The molecule has 0 unspecified atom stereocenters. The minimum Gasteiger partial charge on any atom is -0.505 e. The number of pyridine rings is 2. The lowest BCUT2D eigenvalue weighted by Crippen LogP contribution is -2.61. The molecule has 2 aromatic carbocycles. The van der Waals surface area contributed by atoms with Crippen molar-refractivity contribution in [1.82, 2.24) is 66.0 Å².